The minimum absolute atomic E-state index is 0.593. The first kappa shape index (κ1) is 7.84. The summed E-state index contributed by atoms with van der Waals surface area (Å²) in [5, 5.41) is 18.4. The maximum absolute atomic E-state index is 8.94. The van der Waals surface area contributed by atoms with Gasteiger partial charge in [0, 0.05) is 7.05 Å². The summed E-state index contributed by atoms with van der Waals surface area (Å²) >= 11 is 0. The molecule has 0 amide bonds. The predicted molar refractivity (Wildman–Crippen MR) is 42.0 cm³/mol. The highest BCUT2D eigenvalue weighted by molar-refractivity contribution is 5.52. The molecular weight excluding hydrogens is 144 g/mol. The van der Waals surface area contributed by atoms with Crippen molar-refractivity contribution in [1.29, 1.82) is 0 Å². The van der Waals surface area contributed by atoms with E-state index in [0.717, 1.165) is 5.06 Å². The van der Waals surface area contributed by atoms with Gasteiger partial charge in [0.1, 0.15) is 0 Å². The fourth-order valence-electron chi connectivity index (χ4n) is 0.752. The Morgan fingerprint density at radius 1 is 1.27 bits per heavy atom. The molecule has 0 aliphatic rings. The van der Waals surface area contributed by atoms with Crippen LogP contribution in [0.3, 0.4) is 0 Å². The van der Waals surface area contributed by atoms with Crippen molar-refractivity contribution in [3.63, 3.8) is 0 Å². The Hall–Kier alpha value is -1.26. The van der Waals surface area contributed by atoms with Crippen molar-refractivity contribution in [2.45, 2.75) is 0 Å². The zero-order chi connectivity index (χ0) is 8.27. The molecule has 0 spiro atoms. The highest BCUT2D eigenvalue weighted by Crippen LogP contribution is 2.14. The second kappa shape index (κ2) is 3.23. The summed E-state index contributed by atoms with van der Waals surface area (Å²) in [6.07, 6.45) is 0. The molecule has 4 nitrogen and oxygen atoms in total. The fourth-order valence-corrected chi connectivity index (χ4v) is 0.752. The van der Waals surface area contributed by atoms with Crippen LogP contribution in [-0.4, -0.2) is 17.5 Å². The Kier molecular flexibility index (Phi) is 2.30. The molecule has 0 aliphatic heterocycles. The van der Waals surface area contributed by atoms with Crippen molar-refractivity contribution < 1.29 is 10.4 Å². The molecule has 0 radical (unpaired) electrons. The van der Waals surface area contributed by atoms with E-state index in [1.165, 1.54) is 7.05 Å². The fraction of sp³-hybridized carbons (Fsp3) is 0.143. The third-order valence-electron chi connectivity index (χ3n) is 1.37. The Bertz CT molecular complexity index is 220. The lowest BCUT2D eigenvalue weighted by Gasteiger charge is -2.09. The normalized spacial score (nSPS) is 9.36. The van der Waals surface area contributed by atoms with Crippen LogP contribution in [0.1, 0.15) is 0 Å². The van der Waals surface area contributed by atoms with Crippen LogP contribution in [0.2, 0.25) is 0 Å². The first-order valence-corrected chi connectivity index (χ1v) is 3.17. The lowest BCUT2D eigenvalue weighted by Crippen LogP contribution is -2.09. The van der Waals surface area contributed by atoms with Gasteiger partial charge >= 0.3 is 0 Å². The van der Waals surface area contributed by atoms with E-state index >= 15 is 0 Å². The van der Waals surface area contributed by atoms with E-state index in [0.29, 0.717) is 11.4 Å². The zero-order valence-electron chi connectivity index (χ0n) is 6.15. The second-order valence-electron chi connectivity index (χ2n) is 2.18. The molecule has 60 valence electrons. The second-order valence-corrected chi connectivity index (χ2v) is 2.18. The molecule has 3 N–H and O–H groups in total. The molecule has 0 atom stereocenters. The van der Waals surface area contributed by atoms with E-state index in [4.69, 9.17) is 10.4 Å². The van der Waals surface area contributed by atoms with Crippen LogP contribution in [0, 0.1) is 0 Å². The quantitative estimate of drug-likeness (QED) is 0.562. The SMILES string of the molecule is CN(O)c1ccc(NO)cc1. The lowest BCUT2D eigenvalue weighted by atomic mass is 10.3. The molecule has 1 rings (SSSR count). The first-order valence-electron chi connectivity index (χ1n) is 3.17. The van der Waals surface area contributed by atoms with E-state index < -0.39 is 0 Å². The topological polar surface area (TPSA) is 55.7 Å². The van der Waals surface area contributed by atoms with E-state index in [-0.39, 0.29) is 0 Å². The van der Waals surface area contributed by atoms with Crippen LogP contribution in [-0.2, 0) is 0 Å². The minimum Gasteiger partial charge on any atom is -0.291 e. The van der Waals surface area contributed by atoms with E-state index in [1.54, 1.807) is 24.3 Å². The zero-order valence-corrected chi connectivity index (χ0v) is 6.15. The predicted octanol–water partition coefficient (Wildman–Crippen LogP) is 1.31. The number of hydrogen-bond donors (Lipinski definition) is 3. The molecule has 0 unspecified atom stereocenters. The Morgan fingerprint density at radius 2 is 1.82 bits per heavy atom. The van der Waals surface area contributed by atoms with Crippen LogP contribution in [0.25, 0.3) is 0 Å². The summed E-state index contributed by atoms with van der Waals surface area (Å²) in [6, 6.07) is 6.67. The van der Waals surface area contributed by atoms with Crippen molar-refractivity contribution in [2.24, 2.45) is 0 Å². The number of anilines is 2. The molecule has 0 saturated carbocycles. The molecule has 0 fully saturated rings. The highest BCUT2D eigenvalue weighted by atomic mass is 16.5. The number of rotatable bonds is 2. The molecule has 0 saturated heterocycles. The van der Waals surface area contributed by atoms with Crippen molar-refractivity contribution in [1.82, 2.24) is 0 Å². The van der Waals surface area contributed by atoms with E-state index in [9.17, 15) is 0 Å². The number of nitrogens with zero attached hydrogens (tertiary/aromatic N) is 1. The van der Waals surface area contributed by atoms with E-state index in [2.05, 4.69) is 0 Å². The van der Waals surface area contributed by atoms with Gasteiger partial charge in [-0.05, 0) is 24.3 Å². The van der Waals surface area contributed by atoms with Gasteiger partial charge in [0.05, 0.1) is 11.4 Å². The highest BCUT2D eigenvalue weighted by Gasteiger charge is 1.94. The van der Waals surface area contributed by atoms with E-state index in [1.807, 2.05) is 5.48 Å². The van der Waals surface area contributed by atoms with Gasteiger partial charge < -0.3 is 0 Å². The molecule has 1 aromatic carbocycles. The maximum atomic E-state index is 8.94. The van der Waals surface area contributed by atoms with Crippen LogP contribution >= 0.6 is 0 Å². The van der Waals surface area contributed by atoms with Crippen LogP contribution in [0.15, 0.2) is 24.3 Å². The summed E-state index contributed by atoms with van der Waals surface area (Å²) in [6.45, 7) is 0. The summed E-state index contributed by atoms with van der Waals surface area (Å²) in [4.78, 5) is 0. The van der Waals surface area contributed by atoms with Gasteiger partial charge in [-0.25, -0.2) is 0 Å². The summed E-state index contributed by atoms with van der Waals surface area (Å²) < 4.78 is 0. The van der Waals surface area contributed by atoms with Crippen molar-refractivity contribution in [2.75, 3.05) is 17.6 Å². The molecule has 4 heteroatoms. The molecule has 1 aromatic rings. The average Bonchev–Trinajstić information content (AvgIpc) is 2.05. The third kappa shape index (κ3) is 1.83. The Morgan fingerprint density at radius 3 is 2.18 bits per heavy atom. The van der Waals surface area contributed by atoms with Crippen molar-refractivity contribution in [3.8, 4) is 0 Å². The number of benzene rings is 1. The Labute approximate surface area is 64.6 Å². The van der Waals surface area contributed by atoms with Gasteiger partial charge in [0.2, 0.25) is 0 Å². The molecular formula is C7H10N2O2. The number of hydroxylamine groups is 1. The minimum atomic E-state index is 0.593. The summed E-state index contributed by atoms with van der Waals surface area (Å²) in [7, 11) is 1.53. The molecule has 0 aliphatic carbocycles. The van der Waals surface area contributed by atoms with Crippen LogP contribution in [0.4, 0.5) is 11.4 Å². The van der Waals surface area contributed by atoms with Gasteiger partial charge in [-0.2, -0.15) is 0 Å². The van der Waals surface area contributed by atoms with Crippen LogP contribution < -0.4 is 10.5 Å². The smallest absolute Gasteiger partial charge is 0.0632 e. The van der Waals surface area contributed by atoms with Gasteiger partial charge in [-0.15, -0.1) is 0 Å². The number of hydrogen-bond acceptors (Lipinski definition) is 4. The summed E-state index contributed by atoms with van der Waals surface area (Å²) in [5.41, 5.74) is 3.26. The largest absolute Gasteiger partial charge is 0.291 e. The van der Waals surface area contributed by atoms with Gasteiger partial charge in [-0.1, -0.05) is 0 Å². The van der Waals surface area contributed by atoms with Gasteiger partial charge in [-0.3, -0.25) is 21.0 Å². The average molecular weight is 154 g/mol. The molecule has 0 heterocycles. The lowest BCUT2D eigenvalue weighted by molar-refractivity contribution is 0.279. The molecule has 0 aromatic heterocycles. The van der Waals surface area contributed by atoms with Crippen LogP contribution in [0.5, 0.6) is 0 Å². The maximum Gasteiger partial charge on any atom is 0.0632 e. The third-order valence-corrected chi connectivity index (χ3v) is 1.37. The first-order chi connectivity index (χ1) is 5.24. The van der Waals surface area contributed by atoms with Gasteiger partial charge in [0.25, 0.3) is 0 Å². The standard InChI is InChI=1S/C7H10N2O2/c1-9(11)7-4-2-6(8-10)3-5-7/h2-5,8,10-11H,1H3. The number of nitrogens with one attached hydrogen (secondary N) is 1. The van der Waals surface area contributed by atoms with Crippen molar-refractivity contribution in [3.05, 3.63) is 24.3 Å². The van der Waals surface area contributed by atoms with Gasteiger partial charge in [0.15, 0.2) is 0 Å². The Balaban J connectivity index is 2.83. The summed E-state index contributed by atoms with van der Waals surface area (Å²) in [5.74, 6) is 0. The van der Waals surface area contributed by atoms with Crippen molar-refractivity contribution >= 4 is 11.4 Å². The monoisotopic (exact) mass is 154 g/mol. The molecule has 0 bridgehead atoms. The molecule has 11 heavy (non-hydrogen) atoms.